The van der Waals surface area contributed by atoms with E-state index in [1.54, 1.807) is 22.8 Å². The van der Waals surface area contributed by atoms with E-state index in [-0.39, 0.29) is 17.2 Å². The molecule has 0 amide bonds. The SMILES string of the molecule is CN(C)CCOc1nc2cc(-c3cc(O)cc4ccccc34)c(Cl)cc2n(CC2CNC2)c1=O. The molecule has 8 heteroatoms. The lowest BCUT2D eigenvalue weighted by Crippen LogP contribution is -2.45. The van der Waals surface area contributed by atoms with Gasteiger partial charge in [0.1, 0.15) is 12.4 Å². The van der Waals surface area contributed by atoms with Gasteiger partial charge >= 0.3 is 5.56 Å². The molecule has 0 atom stereocenters. The topological polar surface area (TPSA) is 79.6 Å². The Morgan fingerprint density at radius 1 is 1.18 bits per heavy atom. The standard InChI is InChI=1S/C26H27ClN4O3/c1-30(2)7-8-34-25-26(33)31(15-16-13-28-14-16)24-12-22(27)21(11-23(24)29-25)20-10-18(32)9-17-5-3-4-6-19(17)20/h3-6,9-12,16,28,32H,7-8,13-15H2,1-2H3. The number of aromatic nitrogens is 2. The molecule has 0 unspecified atom stereocenters. The predicted molar refractivity (Wildman–Crippen MR) is 136 cm³/mol. The number of benzene rings is 3. The summed E-state index contributed by atoms with van der Waals surface area (Å²) < 4.78 is 7.55. The van der Waals surface area contributed by atoms with Crippen LogP contribution in [-0.4, -0.2) is 59.9 Å². The lowest BCUT2D eigenvalue weighted by Gasteiger charge is -2.28. The molecule has 1 fully saturated rings. The minimum Gasteiger partial charge on any atom is -0.508 e. The summed E-state index contributed by atoms with van der Waals surface area (Å²) in [6.07, 6.45) is 0. The van der Waals surface area contributed by atoms with Crippen LogP contribution < -0.4 is 15.6 Å². The Labute approximate surface area is 202 Å². The van der Waals surface area contributed by atoms with Crippen molar-refractivity contribution in [3.05, 3.63) is 63.9 Å². The maximum Gasteiger partial charge on any atom is 0.313 e. The van der Waals surface area contributed by atoms with E-state index < -0.39 is 0 Å². The van der Waals surface area contributed by atoms with Crippen LogP contribution in [0.15, 0.2) is 53.3 Å². The summed E-state index contributed by atoms with van der Waals surface area (Å²) in [7, 11) is 3.90. The number of phenols is 1. The van der Waals surface area contributed by atoms with Gasteiger partial charge in [0.25, 0.3) is 5.88 Å². The first-order chi connectivity index (χ1) is 16.4. The Bertz CT molecular complexity index is 1430. The molecule has 5 rings (SSSR count). The molecule has 176 valence electrons. The van der Waals surface area contributed by atoms with Gasteiger partial charge in [-0.05, 0) is 54.7 Å². The average molecular weight is 479 g/mol. The van der Waals surface area contributed by atoms with E-state index in [0.717, 1.165) is 35.0 Å². The number of likely N-dealkylation sites (N-methyl/N-ethyl adjacent to an activating group) is 1. The molecule has 1 aliphatic rings. The van der Waals surface area contributed by atoms with Gasteiger partial charge in [0, 0.05) is 37.7 Å². The summed E-state index contributed by atoms with van der Waals surface area (Å²) in [6, 6.07) is 15.0. The van der Waals surface area contributed by atoms with Crippen LogP contribution >= 0.6 is 11.6 Å². The van der Waals surface area contributed by atoms with Crippen LogP contribution in [-0.2, 0) is 6.54 Å². The number of ether oxygens (including phenoxy) is 1. The monoisotopic (exact) mass is 478 g/mol. The zero-order chi connectivity index (χ0) is 23.8. The van der Waals surface area contributed by atoms with Gasteiger partial charge < -0.3 is 24.6 Å². The van der Waals surface area contributed by atoms with Gasteiger partial charge in [-0.15, -0.1) is 0 Å². The molecule has 3 aromatic carbocycles. The van der Waals surface area contributed by atoms with Crippen molar-refractivity contribution in [2.45, 2.75) is 6.54 Å². The highest BCUT2D eigenvalue weighted by molar-refractivity contribution is 6.34. The van der Waals surface area contributed by atoms with Crippen LogP contribution in [0.5, 0.6) is 11.6 Å². The first kappa shape index (κ1) is 22.7. The zero-order valence-corrected chi connectivity index (χ0v) is 20.0. The fraction of sp³-hybridized carbons (Fsp3) is 0.308. The van der Waals surface area contributed by atoms with E-state index in [4.69, 9.17) is 16.3 Å². The number of hydrogen-bond donors (Lipinski definition) is 2. The summed E-state index contributed by atoms with van der Waals surface area (Å²) in [6.45, 7) is 3.35. The van der Waals surface area contributed by atoms with E-state index in [1.807, 2.05) is 49.3 Å². The van der Waals surface area contributed by atoms with Gasteiger partial charge in [0.2, 0.25) is 0 Å². The van der Waals surface area contributed by atoms with E-state index in [2.05, 4.69) is 10.3 Å². The quantitative estimate of drug-likeness (QED) is 0.421. The van der Waals surface area contributed by atoms with Gasteiger partial charge in [-0.3, -0.25) is 4.79 Å². The van der Waals surface area contributed by atoms with Crippen LogP contribution in [0.2, 0.25) is 5.02 Å². The van der Waals surface area contributed by atoms with Gasteiger partial charge in [-0.1, -0.05) is 35.9 Å². The average Bonchev–Trinajstić information content (AvgIpc) is 2.77. The Morgan fingerprint density at radius 2 is 1.97 bits per heavy atom. The lowest BCUT2D eigenvalue weighted by atomic mass is 9.97. The first-order valence-corrected chi connectivity index (χ1v) is 11.7. The van der Waals surface area contributed by atoms with Crippen LogP contribution in [0.25, 0.3) is 32.9 Å². The number of aromatic hydroxyl groups is 1. The fourth-order valence-corrected chi connectivity index (χ4v) is 4.56. The van der Waals surface area contributed by atoms with E-state index in [1.165, 1.54) is 0 Å². The minimum atomic E-state index is -0.246. The largest absolute Gasteiger partial charge is 0.508 e. The maximum atomic E-state index is 13.3. The number of hydrogen-bond acceptors (Lipinski definition) is 6. The summed E-state index contributed by atoms with van der Waals surface area (Å²) in [5.41, 5.74) is 2.60. The Morgan fingerprint density at radius 3 is 2.71 bits per heavy atom. The van der Waals surface area contributed by atoms with E-state index >= 15 is 0 Å². The van der Waals surface area contributed by atoms with E-state index in [0.29, 0.717) is 41.7 Å². The number of nitrogens with one attached hydrogen (secondary N) is 1. The fourth-order valence-electron chi connectivity index (χ4n) is 4.30. The molecular weight excluding hydrogens is 452 g/mol. The van der Waals surface area contributed by atoms with Crippen molar-refractivity contribution in [2.24, 2.45) is 5.92 Å². The van der Waals surface area contributed by atoms with Crippen LogP contribution in [0.3, 0.4) is 0 Å². The highest BCUT2D eigenvalue weighted by atomic mass is 35.5. The van der Waals surface area contributed by atoms with Crippen molar-refractivity contribution in [2.75, 3.05) is 40.3 Å². The van der Waals surface area contributed by atoms with Crippen molar-refractivity contribution in [1.29, 1.82) is 0 Å². The van der Waals surface area contributed by atoms with Crippen LogP contribution in [0.1, 0.15) is 0 Å². The Hall–Kier alpha value is -3.13. The normalized spacial score (nSPS) is 14.1. The number of phenolic OH excluding ortho intramolecular Hbond substituents is 1. The van der Waals surface area contributed by atoms with Gasteiger partial charge in [-0.2, -0.15) is 0 Å². The van der Waals surface area contributed by atoms with Crippen molar-refractivity contribution in [3.8, 4) is 22.8 Å². The molecule has 0 saturated carbocycles. The predicted octanol–water partition coefficient (Wildman–Crippen LogP) is 3.74. The van der Waals surface area contributed by atoms with Crippen molar-refractivity contribution in [3.63, 3.8) is 0 Å². The molecule has 0 spiro atoms. The van der Waals surface area contributed by atoms with E-state index in [9.17, 15) is 9.90 Å². The van der Waals surface area contributed by atoms with Crippen molar-refractivity contribution in [1.82, 2.24) is 19.8 Å². The molecule has 0 radical (unpaired) electrons. The molecule has 1 saturated heterocycles. The minimum absolute atomic E-state index is 0.0932. The third-order valence-electron chi connectivity index (χ3n) is 6.23. The summed E-state index contributed by atoms with van der Waals surface area (Å²) in [4.78, 5) is 19.9. The first-order valence-electron chi connectivity index (χ1n) is 11.3. The molecule has 7 nitrogen and oxygen atoms in total. The second-order valence-corrected chi connectivity index (χ2v) is 9.45. The molecule has 34 heavy (non-hydrogen) atoms. The molecule has 0 aliphatic carbocycles. The molecule has 0 bridgehead atoms. The highest BCUT2D eigenvalue weighted by Crippen LogP contribution is 2.38. The second-order valence-electron chi connectivity index (χ2n) is 9.04. The number of nitrogens with zero attached hydrogens (tertiary/aromatic N) is 3. The Balaban J connectivity index is 1.68. The summed E-state index contributed by atoms with van der Waals surface area (Å²) in [5, 5.41) is 16.0. The van der Waals surface area contributed by atoms with Crippen molar-refractivity contribution < 1.29 is 9.84 Å². The molecule has 2 heterocycles. The zero-order valence-electron chi connectivity index (χ0n) is 19.2. The molecule has 1 aliphatic heterocycles. The number of rotatable bonds is 7. The number of fused-ring (bicyclic) bond motifs is 2. The molecule has 4 aromatic rings. The summed E-state index contributed by atoms with van der Waals surface area (Å²) >= 11 is 6.78. The smallest absolute Gasteiger partial charge is 0.313 e. The second kappa shape index (κ2) is 9.25. The lowest BCUT2D eigenvalue weighted by molar-refractivity contribution is 0.247. The molecular formula is C26H27ClN4O3. The maximum absolute atomic E-state index is 13.3. The van der Waals surface area contributed by atoms with Crippen LogP contribution in [0.4, 0.5) is 0 Å². The number of halogens is 1. The Kier molecular flexibility index (Phi) is 6.16. The van der Waals surface area contributed by atoms with Gasteiger partial charge in [0.05, 0.1) is 16.1 Å². The van der Waals surface area contributed by atoms with Crippen molar-refractivity contribution >= 4 is 33.4 Å². The van der Waals surface area contributed by atoms with Gasteiger partial charge in [-0.25, -0.2) is 4.98 Å². The van der Waals surface area contributed by atoms with Crippen LogP contribution in [0, 0.1) is 5.92 Å². The highest BCUT2D eigenvalue weighted by Gasteiger charge is 2.22. The summed E-state index contributed by atoms with van der Waals surface area (Å²) in [5.74, 6) is 0.620. The molecule has 1 aromatic heterocycles. The third kappa shape index (κ3) is 4.34. The third-order valence-corrected chi connectivity index (χ3v) is 6.54. The van der Waals surface area contributed by atoms with Gasteiger partial charge in [0.15, 0.2) is 0 Å². The molecule has 2 N–H and O–H groups in total.